The minimum Gasteiger partial charge on any atom is -0.493 e. The molecule has 9 nitrogen and oxygen atoms in total. The third-order valence-corrected chi connectivity index (χ3v) is 10.6. The molecule has 268 valence electrons. The maximum absolute atomic E-state index is 15.7. The number of carbonyl (C=O) groups excluding carboxylic acids is 1. The molecule has 2 amide bonds. The number of methoxy groups -OCH3 is 2. The molecular formula is C40H45Cl2N5O4. The first-order valence-corrected chi connectivity index (χ1v) is 17.9. The molecule has 2 aliphatic heterocycles. The lowest BCUT2D eigenvalue weighted by atomic mass is 9.71. The van der Waals surface area contributed by atoms with Crippen LogP contribution in [0, 0.1) is 0 Å². The van der Waals surface area contributed by atoms with Crippen molar-refractivity contribution in [1.29, 1.82) is 0 Å². The van der Waals surface area contributed by atoms with Crippen LogP contribution in [0.15, 0.2) is 77.9 Å². The van der Waals surface area contributed by atoms with E-state index >= 15 is 4.79 Å². The largest absolute Gasteiger partial charge is 0.493 e. The number of rotatable bonds is 7. The van der Waals surface area contributed by atoms with Crippen LogP contribution in [0.2, 0.25) is 10.0 Å². The van der Waals surface area contributed by atoms with Crippen molar-refractivity contribution in [3.05, 3.63) is 111 Å². The summed E-state index contributed by atoms with van der Waals surface area (Å²) in [6.45, 7) is 14.3. The summed E-state index contributed by atoms with van der Waals surface area (Å²) in [7, 11) is 3.20. The molecule has 2 atom stereocenters. The number of urea groups is 1. The first kappa shape index (κ1) is 36.5. The molecule has 0 aliphatic carbocycles. The molecule has 51 heavy (non-hydrogen) atoms. The Balaban J connectivity index is 1.66. The second-order valence-corrected chi connectivity index (χ2v) is 15.0. The van der Waals surface area contributed by atoms with Gasteiger partial charge in [0.05, 0.1) is 32.1 Å². The SMILES string of the molecule is CCOc1cc(C(C)(C)C)ncc1C1=NC(C)(c2ccc(Cl)cc2)C(C)(c2ccc(Cl)cc2)N1C(=O)N1CCNCc2cc(OC)c(OC)cc21. The molecule has 2 aliphatic rings. The van der Waals surface area contributed by atoms with Crippen LogP contribution < -0.4 is 24.4 Å². The van der Waals surface area contributed by atoms with Crippen molar-refractivity contribution in [1.82, 2.24) is 15.2 Å². The monoisotopic (exact) mass is 729 g/mol. The number of halogens is 2. The first-order valence-electron chi connectivity index (χ1n) is 17.1. The molecule has 2 unspecified atom stereocenters. The summed E-state index contributed by atoms with van der Waals surface area (Å²) in [5.74, 6) is 2.14. The van der Waals surface area contributed by atoms with Crippen molar-refractivity contribution in [2.75, 3.05) is 38.8 Å². The van der Waals surface area contributed by atoms with Gasteiger partial charge in [-0.25, -0.2) is 4.79 Å². The highest BCUT2D eigenvalue weighted by molar-refractivity contribution is 6.30. The Labute approximate surface area is 310 Å². The van der Waals surface area contributed by atoms with Gasteiger partial charge in [0.15, 0.2) is 11.5 Å². The molecule has 0 fully saturated rings. The van der Waals surface area contributed by atoms with Crippen LogP contribution >= 0.6 is 23.2 Å². The van der Waals surface area contributed by atoms with Gasteiger partial charge in [-0.15, -0.1) is 0 Å². The molecule has 6 rings (SSSR count). The molecule has 0 radical (unpaired) electrons. The lowest BCUT2D eigenvalue weighted by Gasteiger charge is -2.46. The second-order valence-electron chi connectivity index (χ2n) is 14.1. The van der Waals surface area contributed by atoms with E-state index in [-0.39, 0.29) is 11.4 Å². The van der Waals surface area contributed by atoms with Crippen molar-refractivity contribution >= 4 is 40.8 Å². The van der Waals surface area contributed by atoms with Crippen molar-refractivity contribution in [2.24, 2.45) is 4.99 Å². The zero-order valence-corrected chi connectivity index (χ0v) is 31.9. The third-order valence-electron chi connectivity index (χ3n) is 10.0. The van der Waals surface area contributed by atoms with Gasteiger partial charge >= 0.3 is 6.03 Å². The van der Waals surface area contributed by atoms with Crippen LogP contribution in [0.25, 0.3) is 0 Å². The van der Waals surface area contributed by atoms with E-state index in [0.29, 0.717) is 70.6 Å². The van der Waals surface area contributed by atoms with E-state index in [1.807, 2.05) is 78.6 Å². The number of pyridine rings is 1. The van der Waals surface area contributed by atoms with E-state index in [2.05, 4.69) is 39.9 Å². The number of benzene rings is 3. The summed E-state index contributed by atoms with van der Waals surface area (Å²) >= 11 is 12.9. The summed E-state index contributed by atoms with van der Waals surface area (Å²) in [4.78, 5) is 29.8. The van der Waals surface area contributed by atoms with E-state index in [9.17, 15) is 0 Å². The predicted octanol–water partition coefficient (Wildman–Crippen LogP) is 8.72. The van der Waals surface area contributed by atoms with E-state index < -0.39 is 11.1 Å². The summed E-state index contributed by atoms with van der Waals surface area (Å²) in [5, 5.41) is 4.65. The van der Waals surface area contributed by atoms with Crippen molar-refractivity contribution in [2.45, 2.75) is 64.6 Å². The Kier molecular flexibility index (Phi) is 10.0. The predicted molar refractivity (Wildman–Crippen MR) is 204 cm³/mol. The molecule has 4 aromatic rings. The normalized spacial score (nSPS) is 20.4. The Morgan fingerprint density at radius 1 is 0.902 bits per heavy atom. The highest BCUT2D eigenvalue weighted by Crippen LogP contribution is 2.54. The first-order chi connectivity index (χ1) is 24.3. The number of fused-ring (bicyclic) bond motifs is 1. The van der Waals surface area contributed by atoms with E-state index in [1.165, 1.54) is 0 Å². The fourth-order valence-electron chi connectivity index (χ4n) is 7.01. The maximum Gasteiger partial charge on any atom is 0.331 e. The van der Waals surface area contributed by atoms with Crippen LogP contribution in [0.5, 0.6) is 17.2 Å². The maximum atomic E-state index is 15.7. The number of aliphatic imine (C=N–C) groups is 1. The van der Waals surface area contributed by atoms with E-state index in [4.69, 9.17) is 47.4 Å². The fourth-order valence-corrected chi connectivity index (χ4v) is 7.27. The number of amidine groups is 1. The number of hydrogen-bond acceptors (Lipinski definition) is 7. The fraction of sp³-hybridized carbons (Fsp3) is 0.375. The lowest BCUT2D eigenvalue weighted by Crippen LogP contribution is -2.59. The molecule has 0 saturated heterocycles. The number of aromatic nitrogens is 1. The molecule has 11 heteroatoms. The number of hydrogen-bond donors (Lipinski definition) is 1. The van der Waals surface area contributed by atoms with E-state index in [1.54, 1.807) is 25.3 Å². The molecular weight excluding hydrogens is 685 g/mol. The number of nitrogens with zero attached hydrogens (tertiary/aromatic N) is 4. The van der Waals surface area contributed by atoms with Gasteiger partial charge in [0.2, 0.25) is 0 Å². The minimum absolute atomic E-state index is 0.240. The van der Waals surface area contributed by atoms with Gasteiger partial charge in [0.1, 0.15) is 22.7 Å². The number of amides is 2. The Morgan fingerprint density at radius 2 is 1.51 bits per heavy atom. The van der Waals surface area contributed by atoms with Gasteiger partial charge in [-0.05, 0) is 67.8 Å². The van der Waals surface area contributed by atoms with Crippen LogP contribution in [0.4, 0.5) is 10.5 Å². The number of anilines is 1. The van der Waals surface area contributed by atoms with Crippen molar-refractivity contribution in [3.8, 4) is 17.2 Å². The number of carbonyl (C=O) groups is 1. The zero-order chi connectivity index (χ0) is 36.7. The summed E-state index contributed by atoms with van der Waals surface area (Å²) in [6, 6.07) is 20.7. The molecule has 0 bridgehead atoms. The molecule has 3 aromatic carbocycles. The highest BCUT2D eigenvalue weighted by Gasteiger charge is 2.60. The van der Waals surface area contributed by atoms with Gasteiger partial charge in [-0.1, -0.05) is 68.2 Å². The molecule has 1 N–H and O–H groups in total. The highest BCUT2D eigenvalue weighted by atomic mass is 35.5. The molecule has 1 aromatic heterocycles. The summed E-state index contributed by atoms with van der Waals surface area (Å²) in [5.41, 5.74) is 2.44. The zero-order valence-electron chi connectivity index (χ0n) is 30.4. The summed E-state index contributed by atoms with van der Waals surface area (Å²) in [6.07, 6.45) is 1.78. The molecule has 0 spiro atoms. The Hall–Kier alpha value is -4.31. The number of nitrogens with one attached hydrogen (secondary N) is 1. The standard InChI is InChI=1S/C40H45Cl2N5O4/c1-9-51-32-22-35(38(2,3)4)44-24-30(32)36-45-39(5,26-10-14-28(41)15-11-26)40(6,27-12-16-29(42)17-13-27)47(36)37(48)46-19-18-43-23-25-20-33(49-7)34(50-8)21-31(25)46/h10-17,20-22,24,43H,9,18-19,23H2,1-8H3. The van der Waals surface area contributed by atoms with Crippen molar-refractivity contribution in [3.63, 3.8) is 0 Å². The number of ether oxygens (including phenoxy) is 3. The molecule has 0 saturated carbocycles. The van der Waals surface area contributed by atoms with Crippen molar-refractivity contribution < 1.29 is 19.0 Å². The van der Waals surface area contributed by atoms with E-state index in [0.717, 1.165) is 22.4 Å². The van der Waals surface area contributed by atoms with Crippen LogP contribution in [-0.2, 0) is 23.0 Å². The van der Waals surface area contributed by atoms with Crippen LogP contribution in [0.3, 0.4) is 0 Å². The van der Waals surface area contributed by atoms with Crippen LogP contribution in [-0.4, -0.2) is 55.7 Å². The smallest absolute Gasteiger partial charge is 0.331 e. The van der Waals surface area contributed by atoms with Gasteiger partial charge in [-0.3, -0.25) is 19.8 Å². The quantitative estimate of drug-likeness (QED) is 0.205. The minimum atomic E-state index is -1.10. The Morgan fingerprint density at radius 3 is 2.10 bits per heavy atom. The van der Waals surface area contributed by atoms with Gasteiger partial charge < -0.3 is 19.5 Å². The van der Waals surface area contributed by atoms with Gasteiger partial charge in [0.25, 0.3) is 0 Å². The summed E-state index contributed by atoms with van der Waals surface area (Å²) < 4.78 is 17.7. The second kappa shape index (κ2) is 14.0. The molecule has 3 heterocycles. The average Bonchev–Trinajstić information content (AvgIpc) is 3.21. The average molecular weight is 731 g/mol. The lowest BCUT2D eigenvalue weighted by molar-refractivity contribution is 0.139. The topological polar surface area (TPSA) is 88.5 Å². The van der Waals surface area contributed by atoms with Gasteiger partial charge in [-0.2, -0.15) is 0 Å². The van der Waals surface area contributed by atoms with Crippen LogP contribution in [0.1, 0.15) is 69.5 Å². The third kappa shape index (κ3) is 6.40. The van der Waals surface area contributed by atoms with Gasteiger partial charge in [0, 0.05) is 59.1 Å². The Bertz CT molecular complexity index is 1960.